The first-order valence-electron chi connectivity index (χ1n) is 6.62. The van der Waals surface area contributed by atoms with E-state index in [0.717, 1.165) is 12.8 Å². The fraction of sp³-hybridized carbons (Fsp3) is 0.429. The number of hydrogen-bond acceptors (Lipinski definition) is 4. The van der Waals surface area contributed by atoms with Crippen LogP contribution in [0, 0.1) is 0 Å². The number of ether oxygens (including phenoxy) is 1. The van der Waals surface area contributed by atoms with Crippen LogP contribution in [0.15, 0.2) is 24.3 Å². The quantitative estimate of drug-likeness (QED) is 0.657. The summed E-state index contributed by atoms with van der Waals surface area (Å²) in [5, 5.41) is 5.42. The maximum atomic E-state index is 11.7. The summed E-state index contributed by atoms with van der Waals surface area (Å²) in [6.45, 7) is 1.52. The van der Waals surface area contributed by atoms with Gasteiger partial charge in [0.15, 0.2) is 6.61 Å². The summed E-state index contributed by atoms with van der Waals surface area (Å²) >= 11 is 0. The molecule has 6 nitrogen and oxygen atoms in total. The molecule has 1 saturated carbocycles. The summed E-state index contributed by atoms with van der Waals surface area (Å²) in [6.07, 6.45) is 2.04. The molecule has 0 saturated heterocycles. The first-order chi connectivity index (χ1) is 9.54. The van der Waals surface area contributed by atoms with Gasteiger partial charge >= 0.3 is 0 Å². The van der Waals surface area contributed by atoms with E-state index in [0.29, 0.717) is 11.4 Å². The van der Waals surface area contributed by atoms with Gasteiger partial charge in [-0.05, 0) is 44.0 Å². The number of amides is 2. The highest BCUT2D eigenvalue weighted by atomic mass is 16.5. The summed E-state index contributed by atoms with van der Waals surface area (Å²) in [5.41, 5.74) is 6.18. The van der Waals surface area contributed by atoms with E-state index in [9.17, 15) is 9.59 Å². The summed E-state index contributed by atoms with van der Waals surface area (Å²) in [5.74, 6) is 0.0676. The van der Waals surface area contributed by atoms with Crippen molar-refractivity contribution in [1.29, 1.82) is 0 Å². The molecule has 1 aliphatic rings. The molecule has 1 aliphatic carbocycles. The summed E-state index contributed by atoms with van der Waals surface area (Å²) in [4.78, 5) is 23.3. The SMILES string of the molecule is CC(NC(=O)COc1ccc(N)cc1)C(=O)NC1CC1. The molecular weight excluding hydrogens is 258 g/mol. The molecule has 0 spiro atoms. The molecule has 6 heteroatoms. The lowest BCUT2D eigenvalue weighted by Gasteiger charge is -2.14. The Labute approximate surface area is 117 Å². The summed E-state index contributed by atoms with van der Waals surface area (Å²) in [7, 11) is 0. The smallest absolute Gasteiger partial charge is 0.258 e. The van der Waals surface area contributed by atoms with Gasteiger partial charge in [0.25, 0.3) is 5.91 Å². The molecule has 1 fully saturated rings. The number of carbonyl (C=O) groups excluding carboxylic acids is 2. The molecule has 1 unspecified atom stereocenters. The number of nitrogens with two attached hydrogens (primary N) is 1. The molecule has 0 bridgehead atoms. The highest BCUT2D eigenvalue weighted by molar-refractivity contribution is 5.88. The first kappa shape index (κ1) is 14.2. The Bertz CT molecular complexity index is 483. The van der Waals surface area contributed by atoms with Gasteiger partial charge < -0.3 is 21.1 Å². The van der Waals surface area contributed by atoms with Crippen LogP contribution in [0.25, 0.3) is 0 Å². The third kappa shape index (κ3) is 4.46. The molecule has 2 amide bonds. The normalized spacial score (nSPS) is 15.2. The molecule has 20 heavy (non-hydrogen) atoms. The molecule has 1 aromatic rings. The van der Waals surface area contributed by atoms with Crippen molar-refractivity contribution in [2.24, 2.45) is 0 Å². The monoisotopic (exact) mass is 277 g/mol. The molecule has 1 atom stereocenters. The van der Waals surface area contributed by atoms with Crippen LogP contribution in [0.4, 0.5) is 5.69 Å². The van der Waals surface area contributed by atoms with Gasteiger partial charge in [-0.1, -0.05) is 0 Å². The van der Waals surface area contributed by atoms with Gasteiger partial charge in [0, 0.05) is 11.7 Å². The van der Waals surface area contributed by atoms with Gasteiger partial charge in [-0.3, -0.25) is 9.59 Å². The second-order valence-corrected chi connectivity index (χ2v) is 4.93. The van der Waals surface area contributed by atoms with Crippen molar-refractivity contribution >= 4 is 17.5 Å². The lowest BCUT2D eigenvalue weighted by molar-refractivity contribution is -0.129. The molecule has 0 aliphatic heterocycles. The van der Waals surface area contributed by atoms with E-state index in [4.69, 9.17) is 10.5 Å². The largest absolute Gasteiger partial charge is 0.484 e. The highest BCUT2D eigenvalue weighted by Crippen LogP contribution is 2.18. The zero-order chi connectivity index (χ0) is 14.5. The fourth-order valence-electron chi connectivity index (χ4n) is 1.62. The lowest BCUT2D eigenvalue weighted by Crippen LogP contribution is -2.46. The van der Waals surface area contributed by atoms with E-state index in [-0.39, 0.29) is 24.5 Å². The topological polar surface area (TPSA) is 93.4 Å². The number of carbonyl (C=O) groups is 2. The minimum atomic E-state index is -0.557. The third-order valence-corrected chi connectivity index (χ3v) is 2.94. The number of anilines is 1. The average Bonchev–Trinajstić information content (AvgIpc) is 3.22. The molecule has 0 heterocycles. The molecule has 0 aromatic heterocycles. The van der Waals surface area contributed by atoms with E-state index in [1.54, 1.807) is 31.2 Å². The summed E-state index contributed by atoms with van der Waals surface area (Å²) in [6, 6.07) is 6.49. The van der Waals surface area contributed by atoms with Crippen molar-refractivity contribution in [3.05, 3.63) is 24.3 Å². The second-order valence-electron chi connectivity index (χ2n) is 4.93. The van der Waals surface area contributed by atoms with Gasteiger partial charge in [0.05, 0.1) is 0 Å². The van der Waals surface area contributed by atoms with Crippen LogP contribution < -0.4 is 21.1 Å². The van der Waals surface area contributed by atoms with Crippen molar-refractivity contribution in [3.8, 4) is 5.75 Å². The number of benzene rings is 1. The van der Waals surface area contributed by atoms with E-state index in [2.05, 4.69) is 10.6 Å². The van der Waals surface area contributed by atoms with E-state index in [1.807, 2.05) is 0 Å². The number of rotatable bonds is 6. The summed E-state index contributed by atoms with van der Waals surface area (Å²) < 4.78 is 5.30. The predicted octanol–water partition coefficient (Wildman–Crippen LogP) is 0.431. The van der Waals surface area contributed by atoms with Crippen LogP contribution in [0.2, 0.25) is 0 Å². The second kappa shape index (κ2) is 6.27. The molecule has 1 aromatic carbocycles. The van der Waals surface area contributed by atoms with Crippen LogP contribution in [-0.4, -0.2) is 30.5 Å². The lowest BCUT2D eigenvalue weighted by atomic mass is 10.3. The van der Waals surface area contributed by atoms with Gasteiger partial charge in [0.2, 0.25) is 5.91 Å². The minimum absolute atomic E-state index is 0.134. The van der Waals surface area contributed by atoms with Crippen LogP contribution in [0.5, 0.6) is 5.75 Å². The van der Waals surface area contributed by atoms with E-state index in [1.165, 1.54) is 0 Å². The van der Waals surface area contributed by atoms with Crippen molar-refractivity contribution < 1.29 is 14.3 Å². The molecule has 4 N–H and O–H groups in total. The molecular formula is C14H19N3O3. The maximum Gasteiger partial charge on any atom is 0.258 e. The van der Waals surface area contributed by atoms with Crippen LogP contribution in [-0.2, 0) is 9.59 Å². The van der Waals surface area contributed by atoms with Gasteiger partial charge in [-0.25, -0.2) is 0 Å². The first-order valence-corrected chi connectivity index (χ1v) is 6.62. The number of hydrogen-bond donors (Lipinski definition) is 3. The molecule has 0 radical (unpaired) electrons. The van der Waals surface area contributed by atoms with Crippen molar-refractivity contribution in [3.63, 3.8) is 0 Å². The van der Waals surface area contributed by atoms with Gasteiger partial charge in [0.1, 0.15) is 11.8 Å². The third-order valence-electron chi connectivity index (χ3n) is 2.94. The Hall–Kier alpha value is -2.24. The maximum absolute atomic E-state index is 11.7. The number of nitrogen functional groups attached to an aromatic ring is 1. The zero-order valence-electron chi connectivity index (χ0n) is 11.4. The van der Waals surface area contributed by atoms with Gasteiger partial charge in [-0.2, -0.15) is 0 Å². The van der Waals surface area contributed by atoms with Crippen molar-refractivity contribution in [1.82, 2.24) is 10.6 Å². The Morgan fingerprint density at radius 2 is 2.00 bits per heavy atom. The minimum Gasteiger partial charge on any atom is -0.484 e. The van der Waals surface area contributed by atoms with Crippen molar-refractivity contribution in [2.75, 3.05) is 12.3 Å². The fourth-order valence-corrected chi connectivity index (χ4v) is 1.62. The molecule has 2 rings (SSSR count). The molecule has 108 valence electrons. The van der Waals surface area contributed by atoms with Crippen LogP contribution in [0.3, 0.4) is 0 Å². The Balaban J connectivity index is 1.71. The van der Waals surface area contributed by atoms with E-state index < -0.39 is 6.04 Å². The van der Waals surface area contributed by atoms with Crippen LogP contribution >= 0.6 is 0 Å². The van der Waals surface area contributed by atoms with E-state index >= 15 is 0 Å². The Kier molecular flexibility index (Phi) is 4.45. The number of nitrogens with one attached hydrogen (secondary N) is 2. The average molecular weight is 277 g/mol. The van der Waals surface area contributed by atoms with Crippen LogP contribution in [0.1, 0.15) is 19.8 Å². The standard InChI is InChI=1S/C14H19N3O3/c1-9(14(19)17-11-4-5-11)16-13(18)8-20-12-6-2-10(15)3-7-12/h2-3,6-7,9,11H,4-5,8,15H2,1H3,(H,16,18)(H,17,19). The predicted molar refractivity (Wildman–Crippen MR) is 75.1 cm³/mol. The Morgan fingerprint density at radius 1 is 1.35 bits per heavy atom. The highest BCUT2D eigenvalue weighted by Gasteiger charge is 2.26. The van der Waals surface area contributed by atoms with Gasteiger partial charge in [-0.15, -0.1) is 0 Å². The van der Waals surface area contributed by atoms with Crippen molar-refractivity contribution in [2.45, 2.75) is 31.8 Å². The Morgan fingerprint density at radius 3 is 2.60 bits per heavy atom. The zero-order valence-corrected chi connectivity index (χ0v) is 11.4.